The van der Waals surface area contributed by atoms with E-state index in [0.29, 0.717) is 23.0 Å². The summed E-state index contributed by atoms with van der Waals surface area (Å²) in [5.41, 5.74) is 1.74. The van der Waals surface area contributed by atoms with Gasteiger partial charge in [-0.3, -0.25) is 4.79 Å². The predicted octanol–water partition coefficient (Wildman–Crippen LogP) is 2.23. The molecule has 1 aliphatic carbocycles. The summed E-state index contributed by atoms with van der Waals surface area (Å²) in [4.78, 5) is 10.4. The maximum Gasteiger partial charge on any atom is 0.256 e. The molecule has 68 valence electrons. The number of carbonyl (C=O) groups is 1. The highest BCUT2D eigenvalue weighted by Gasteiger charge is 2.37. The molecule has 13 heavy (non-hydrogen) atoms. The fraction of sp³-hybridized carbons (Fsp3) is 0.300. The Morgan fingerprint density at radius 1 is 1.23 bits per heavy atom. The second kappa shape index (κ2) is 2.62. The molecule has 1 aliphatic rings. The van der Waals surface area contributed by atoms with Crippen molar-refractivity contribution in [2.45, 2.75) is 18.8 Å². The summed E-state index contributed by atoms with van der Waals surface area (Å²) in [6, 6.07) is 4.73. The van der Waals surface area contributed by atoms with Gasteiger partial charge in [-0.05, 0) is 17.2 Å². The van der Waals surface area contributed by atoms with Crippen molar-refractivity contribution in [3.05, 3.63) is 34.9 Å². The molecular weight excluding hydrogens is 174 g/mol. The van der Waals surface area contributed by atoms with Crippen LogP contribution in [0.25, 0.3) is 0 Å². The van der Waals surface area contributed by atoms with Gasteiger partial charge in [-0.2, -0.15) is 0 Å². The van der Waals surface area contributed by atoms with Crippen LogP contribution in [0.1, 0.15) is 21.5 Å². The molecule has 1 nitrogen and oxygen atoms in total. The molecule has 1 aromatic carbocycles. The molecule has 0 aliphatic heterocycles. The average molecular weight is 182 g/mol. The largest absolute Gasteiger partial charge is 0.298 e. The SMILES string of the molecule is O=Cc1ccc2c(c1)CC(F)(F)C2. The third-order valence-electron chi connectivity index (χ3n) is 2.26. The Balaban J connectivity index is 2.41. The Kier molecular flexibility index (Phi) is 1.68. The van der Waals surface area contributed by atoms with Crippen molar-refractivity contribution < 1.29 is 13.6 Å². The first-order valence-corrected chi connectivity index (χ1v) is 4.05. The smallest absolute Gasteiger partial charge is 0.256 e. The van der Waals surface area contributed by atoms with Gasteiger partial charge in [-0.25, -0.2) is 8.78 Å². The molecule has 3 heteroatoms. The molecule has 0 amide bonds. The standard InChI is InChI=1S/C10H8F2O/c11-10(12)4-8-2-1-7(6-13)3-9(8)5-10/h1-3,6H,4-5H2. The van der Waals surface area contributed by atoms with Crippen LogP contribution in [-0.4, -0.2) is 12.2 Å². The van der Waals surface area contributed by atoms with Crippen LogP contribution in [0.3, 0.4) is 0 Å². The molecule has 0 heterocycles. The van der Waals surface area contributed by atoms with Crippen LogP contribution in [0.4, 0.5) is 8.78 Å². The normalized spacial score (nSPS) is 18.3. The first kappa shape index (κ1) is 8.35. The Bertz CT molecular complexity index is 358. The van der Waals surface area contributed by atoms with E-state index in [1.165, 1.54) is 0 Å². The zero-order chi connectivity index (χ0) is 9.47. The van der Waals surface area contributed by atoms with Crippen molar-refractivity contribution >= 4 is 6.29 Å². The lowest BCUT2D eigenvalue weighted by Gasteiger charge is -2.04. The highest BCUT2D eigenvalue weighted by atomic mass is 19.3. The van der Waals surface area contributed by atoms with Crippen LogP contribution >= 0.6 is 0 Å². The number of fused-ring (bicyclic) bond motifs is 1. The molecule has 0 saturated heterocycles. The van der Waals surface area contributed by atoms with Crippen LogP contribution < -0.4 is 0 Å². The van der Waals surface area contributed by atoms with Crippen molar-refractivity contribution in [2.75, 3.05) is 0 Å². The Morgan fingerprint density at radius 3 is 2.62 bits per heavy atom. The summed E-state index contributed by atoms with van der Waals surface area (Å²) in [7, 11) is 0. The van der Waals surface area contributed by atoms with Crippen molar-refractivity contribution in [1.82, 2.24) is 0 Å². The van der Waals surface area contributed by atoms with Gasteiger partial charge >= 0.3 is 0 Å². The van der Waals surface area contributed by atoms with E-state index in [-0.39, 0.29) is 12.8 Å². The molecule has 0 radical (unpaired) electrons. The number of rotatable bonds is 1. The van der Waals surface area contributed by atoms with Crippen LogP contribution in [0, 0.1) is 0 Å². The van der Waals surface area contributed by atoms with E-state index < -0.39 is 5.92 Å². The van der Waals surface area contributed by atoms with Crippen molar-refractivity contribution in [2.24, 2.45) is 0 Å². The predicted molar refractivity (Wildman–Crippen MR) is 44.2 cm³/mol. The van der Waals surface area contributed by atoms with Gasteiger partial charge < -0.3 is 0 Å². The number of carbonyl (C=O) groups excluding carboxylic acids is 1. The third kappa shape index (κ3) is 1.46. The van der Waals surface area contributed by atoms with Gasteiger partial charge in [0, 0.05) is 18.4 Å². The number of benzene rings is 1. The lowest BCUT2D eigenvalue weighted by Crippen LogP contribution is -2.14. The zero-order valence-corrected chi connectivity index (χ0v) is 6.89. The van der Waals surface area contributed by atoms with E-state index in [9.17, 15) is 13.6 Å². The molecule has 2 rings (SSSR count). The summed E-state index contributed by atoms with van der Waals surface area (Å²) in [5, 5.41) is 0. The quantitative estimate of drug-likeness (QED) is 0.608. The maximum absolute atomic E-state index is 12.9. The minimum atomic E-state index is -2.62. The molecule has 0 unspecified atom stereocenters. The number of alkyl halides is 2. The zero-order valence-electron chi connectivity index (χ0n) is 6.89. The van der Waals surface area contributed by atoms with E-state index in [1.807, 2.05) is 0 Å². The monoisotopic (exact) mass is 182 g/mol. The van der Waals surface area contributed by atoms with E-state index in [4.69, 9.17) is 0 Å². The second-order valence-corrected chi connectivity index (χ2v) is 3.36. The van der Waals surface area contributed by atoms with Gasteiger partial charge in [0.15, 0.2) is 0 Å². The Labute approximate surface area is 74.4 Å². The van der Waals surface area contributed by atoms with Gasteiger partial charge in [0.1, 0.15) is 6.29 Å². The molecule has 1 aromatic rings. The van der Waals surface area contributed by atoms with Crippen LogP contribution in [0.15, 0.2) is 18.2 Å². The summed E-state index contributed by atoms with van der Waals surface area (Å²) >= 11 is 0. The molecular formula is C10H8F2O. The van der Waals surface area contributed by atoms with Gasteiger partial charge in [0.05, 0.1) is 0 Å². The average Bonchev–Trinajstić information content (AvgIpc) is 2.36. The fourth-order valence-corrected chi connectivity index (χ4v) is 1.68. The first-order valence-electron chi connectivity index (χ1n) is 4.05. The molecule has 0 atom stereocenters. The topological polar surface area (TPSA) is 17.1 Å². The third-order valence-corrected chi connectivity index (χ3v) is 2.26. The van der Waals surface area contributed by atoms with E-state index >= 15 is 0 Å². The van der Waals surface area contributed by atoms with Crippen molar-refractivity contribution in [3.8, 4) is 0 Å². The number of hydrogen-bond donors (Lipinski definition) is 0. The van der Waals surface area contributed by atoms with E-state index in [1.54, 1.807) is 18.2 Å². The minimum Gasteiger partial charge on any atom is -0.298 e. The fourth-order valence-electron chi connectivity index (χ4n) is 1.68. The van der Waals surface area contributed by atoms with Gasteiger partial charge in [0.25, 0.3) is 5.92 Å². The molecule has 0 bridgehead atoms. The highest BCUT2D eigenvalue weighted by Crippen LogP contribution is 2.34. The number of hydrogen-bond acceptors (Lipinski definition) is 1. The summed E-state index contributed by atoms with van der Waals surface area (Å²) < 4.78 is 25.8. The molecule has 0 N–H and O–H groups in total. The molecule has 0 fully saturated rings. The van der Waals surface area contributed by atoms with E-state index in [0.717, 1.165) is 0 Å². The Hall–Kier alpha value is -1.25. The maximum atomic E-state index is 12.9. The molecule has 0 aromatic heterocycles. The van der Waals surface area contributed by atoms with Crippen molar-refractivity contribution in [3.63, 3.8) is 0 Å². The van der Waals surface area contributed by atoms with Crippen molar-refractivity contribution in [1.29, 1.82) is 0 Å². The Morgan fingerprint density at radius 2 is 1.92 bits per heavy atom. The van der Waals surface area contributed by atoms with Crippen LogP contribution in [0.2, 0.25) is 0 Å². The number of halogens is 2. The highest BCUT2D eigenvalue weighted by molar-refractivity contribution is 5.75. The molecule has 0 spiro atoms. The first-order chi connectivity index (χ1) is 6.11. The minimum absolute atomic E-state index is 0.193. The van der Waals surface area contributed by atoms with Gasteiger partial charge in [-0.15, -0.1) is 0 Å². The summed E-state index contributed by atoms with van der Waals surface area (Å²) in [5.74, 6) is -2.62. The lowest BCUT2D eigenvalue weighted by atomic mass is 10.1. The van der Waals surface area contributed by atoms with Gasteiger partial charge in [-0.1, -0.05) is 12.1 Å². The molecule has 0 saturated carbocycles. The van der Waals surface area contributed by atoms with Gasteiger partial charge in [0.2, 0.25) is 0 Å². The summed E-state index contributed by atoms with van der Waals surface area (Å²) in [6.07, 6.45) is 0.252. The second-order valence-electron chi connectivity index (χ2n) is 3.36. The summed E-state index contributed by atoms with van der Waals surface area (Å²) in [6.45, 7) is 0. The number of aldehydes is 1. The van der Waals surface area contributed by atoms with Crippen LogP contribution in [-0.2, 0) is 12.8 Å². The van der Waals surface area contributed by atoms with E-state index in [2.05, 4.69) is 0 Å². The van der Waals surface area contributed by atoms with Crippen LogP contribution in [0.5, 0.6) is 0 Å². The lowest BCUT2D eigenvalue weighted by molar-refractivity contribution is 0.0130.